The number of aryl methyl sites for hydroxylation is 1. The molecule has 0 aromatic carbocycles. The summed E-state index contributed by atoms with van der Waals surface area (Å²) < 4.78 is 0. The lowest BCUT2D eigenvalue weighted by Crippen LogP contribution is -2.42. The van der Waals surface area contributed by atoms with Crippen LogP contribution < -0.4 is 11.1 Å². The maximum atomic E-state index is 11.7. The van der Waals surface area contributed by atoms with E-state index in [1.807, 2.05) is 0 Å². The maximum Gasteiger partial charge on any atom is 0.221 e. The molecule has 1 heterocycles. The zero-order valence-corrected chi connectivity index (χ0v) is 10.6. The fourth-order valence-electron chi connectivity index (χ4n) is 2.47. The molecule has 4 N–H and O–H groups in total. The first-order valence-corrected chi connectivity index (χ1v) is 6.58. The van der Waals surface area contributed by atoms with Gasteiger partial charge < -0.3 is 11.1 Å². The third kappa shape index (κ3) is 3.80. The van der Waals surface area contributed by atoms with E-state index in [4.69, 9.17) is 5.73 Å². The average molecular weight is 251 g/mol. The van der Waals surface area contributed by atoms with Crippen molar-refractivity contribution in [3.05, 3.63) is 12.2 Å². The van der Waals surface area contributed by atoms with Crippen LogP contribution in [0.25, 0.3) is 0 Å². The Balaban J connectivity index is 1.60. The Morgan fingerprint density at radius 2 is 2.28 bits per heavy atom. The highest BCUT2D eigenvalue weighted by molar-refractivity contribution is 5.77. The second kappa shape index (κ2) is 5.95. The number of carbonyl (C=O) groups is 1. The highest BCUT2D eigenvalue weighted by Crippen LogP contribution is 2.29. The minimum atomic E-state index is -0.255. The highest BCUT2D eigenvalue weighted by atomic mass is 16.1. The topological polar surface area (TPSA) is 96.7 Å². The summed E-state index contributed by atoms with van der Waals surface area (Å²) in [6.45, 7) is 0.662. The van der Waals surface area contributed by atoms with Crippen molar-refractivity contribution in [3.8, 4) is 0 Å². The van der Waals surface area contributed by atoms with Crippen LogP contribution in [-0.4, -0.2) is 33.2 Å². The van der Waals surface area contributed by atoms with Crippen molar-refractivity contribution < 1.29 is 4.79 Å². The molecule has 2 rings (SSSR count). The molecule has 1 aliphatic carbocycles. The number of amides is 1. The van der Waals surface area contributed by atoms with Gasteiger partial charge in [0.1, 0.15) is 12.2 Å². The molecule has 1 amide bonds. The third-order valence-corrected chi connectivity index (χ3v) is 3.49. The first kappa shape index (κ1) is 13.0. The van der Waals surface area contributed by atoms with Crippen molar-refractivity contribution in [2.24, 2.45) is 5.73 Å². The number of nitrogens with one attached hydrogen (secondary N) is 2. The minimum absolute atomic E-state index is 0.0666. The van der Waals surface area contributed by atoms with Gasteiger partial charge in [-0.3, -0.25) is 9.89 Å². The summed E-state index contributed by atoms with van der Waals surface area (Å²) in [6, 6.07) is 0. The van der Waals surface area contributed by atoms with Crippen molar-refractivity contribution in [1.82, 2.24) is 20.5 Å². The zero-order valence-electron chi connectivity index (χ0n) is 10.6. The molecule has 1 aromatic rings. The van der Waals surface area contributed by atoms with Crippen LogP contribution in [0.4, 0.5) is 0 Å². The molecule has 18 heavy (non-hydrogen) atoms. The molecule has 0 spiro atoms. The zero-order chi connectivity index (χ0) is 12.8. The molecule has 100 valence electrons. The molecule has 6 nitrogen and oxygen atoms in total. The largest absolute Gasteiger partial charge is 0.356 e. The number of aromatic amines is 1. The van der Waals surface area contributed by atoms with Gasteiger partial charge in [-0.1, -0.05) is 12.8 Å². The lowest BCUT2D eigenvalue weighted by atomic mass is 9.94. The number of nitrogens with two attached hydrogens (primary N) is 1. The van der Waals surface area contributed by atoms with E-state index < -0.39 is 0 Å². The van der Waals surface area contributed by atoms with Crippen LogP contribution >= 0.6 is 0 Å². The van der Waals surface area contributed by atoms with E-state index >= 15 is 0 Å². The number of hydrogen-bond acceptors (Lipinski definition) is 4. The molecule has 1 aromatic heterocycles. The lowest BCUT2D eigenvalue weighted by Gasteiger charge is -2.22. The summed E-state index contributed by atoms with van der Waals surface area (Å²) in [4.78, 5) is 15.8. The molecule has 6 heteroatoms. The number of carbonyl (C=O) groups excluding carboxylic acids is 1. The summed E-state index contributed by atoms with van der Waals surface area (Å²) in [5.74, 6) is 0.923. The molecule has 0 aliphatic heterocycles. The Labute approximate surface area is 107 Å². The number of rotatable bonds is 6. The summed E-state index contributed by atoms with van der Waals surface area (Å²) in [6.07, 6.45) is 7.84. The Bertz CT molecular complexity index is 370. The second-order valence-electron chi connectivity index (χ2n) is 5.13. The molecule has 1 aliphatic rings. The van der Waals surface area contributed by atoms with E-state index in [1.165, 1.54) is 6.33 Å². The first-order valence-electron chi connectivity index (χ1n) is 6.58. The summed E-state index contributed by atoms with van der Waals surface area (Å²) >= 11 is 0. The van der Waals surface area contributed by atoms with Crippen LogP contribution in [0.2, 0.25) is 0 Å². The van der Waals surface area contributed by atoms with Gasteiger partial charge in [0.05, 0.1) is 0 Å². The Hall–Kier alpha value is -1.43. The third-order valence-electron chi connectivity index (χ3n) is 3.49. The molecule has 0 radical (unpaired) electrons. The van der Waals surface area contributed by atoms with E-state index in [2.05, 4.69) is 20.5 Å². The van der Waals surface area contributed by atoms with Crippen molar-refractivity contribution in [1.29, 1.82) is 0 Å². The summed E-state index contributed by atoms with van der Waals surface area (Å²) in [5, 5.41) is 9.49. The van der Waals surface area contributed by atoms with Crippen LogP contribution in [0.5, 0.6) is 0 Å². The van der Waals surface area contributed by atoms with E-state index in [9.17, 15) is 4.79 Å². The smallest absolute Gasteiger partial charge is 0.221 e. The van der Waals surface area contributed by atoms with E-state index in [-0.39, 0.29) is 11.4 Å². The molecule has 0 saturated heterocycles. The predicted octanol–water partition coefficient (Wildman–Crippen LogP) is 0.515. The second-order valence-corrected chi connectivity index (χ2v) is 5.13. The predicted molar refractivity (Wildman–Crippen MR) is 67.7 cm³/mol. The van der Waals surface area contributed by atoms with Gasteiger partial charge >= 0.3 is 0 Å². The van der Waals surface area contributed by atoms with Gasteiger partial charge in [-0.2, -0.15) is 5.10 Å². The normalized spacial score (nSPS) is 17.8. The van der Waals surface area contributed by atoms with Crippen LogP contribution in [0.15, 0.2) is 6.33 Å². The fraction of sp³-hybridized carbons (Fsp3) is 0.750. The van der Waals surface area contributed by atoms with E-state index in [0.29, 0.717) is 13.0 Å². The average Bonchev–Trinajstić information content (AvgIpc) is 2.96. The molecule has 0 atom stereocenters. The minimum Gasteiger partial charge on any atom is -0.356 e. The lowest BCUT2D eigenvalue weighted by molar-refractivity contribution is -0.122. The highest BCUT2D eigenvalue weighted by Gasteiger charge is 2.31. The number of H-pyrrole nitrogens is 1. The van der Waals surface area contributed by atoms with E-state index in [0.717, 1.165) is 44.3 Å². The fourth-order valence-corrected chi connectivity index (χ4v) is 2.47. The Kier molecular flexibility index (Phi) is 4.30. The van der Waals surface area contributed by atoms with Gasteiger partial charge in [0, 0.05) is 24.9 Å². The van der Waals surface area contributed by atoms with E-state index in [1.54, 1.807) is 0 Å². The van der Waals surface area contributed by atoms with Crippen LogP contribution in [-0.2, 0) is 11.2 Å². The maximum absolute atomic E-state index is 11.7. The summed E-state index contributed by atoms with van der Waals surface area (Å²) in [5.41, 5.74) is 5.90. The van der Waals surface area contributed by atoms with Gasteiger partial charge in [0.2, 0.25) is 5.91 Å². The van der Waals surface area contributed by atoms with Gasteiger partial charge in [0.25, 0.3) is 0 Å². The SMILES string of the molecule is NC1(CC(=O)NCCCc2ncn[nH]2)CCCC1. The molecule has 0 unspecified atom stereocenters. The van der Waals surface area contributed by atoms with Gasteiger partial charge in [0.15, 0.2) is 0 Å². The van der Waals surface area contributed by atoms with Crippen molar-refractivity contribution in [2.45, 2.75) is 50.5 Å². The standard InChI is InChI=1S/C12H21N5O/c13-12(5-1-2-6-12)8-11(18)14-7-3-4-10-15-9-16-17-10/h9H,1-8,13H2,(H,14,18)(H,15,16,17). The molecule has 0 bridgehead atoms. The van der Waals surface area contributed by atoms with Crippen molar-refractivity contribution >= 4 is 5.91 Å². The van der Waals surface area contributed by atoms with Gasteiger partial charge in [-0.05, 0) is 19.3 Å². The Morgan fingerprint density at radius 3 is 2.94 bits per heavy atom. The van der Waals surface area contributed by atoms with Crippen LogP contribution in [0.3, 0.4) is 0 Å². The van der Waals surface area contributed by atoms with Crippen molar-refractivity contribution in [2.75, 3.05) is 6.54 Å². The molecule has 1 saturated carbocycles. The molecule has 1 fully saturated rings. The first-order chi connectivity index (χ1) is 8.68. The van der Waals surface area contributed by atoms with Crippen LogP contribution in [0, 0.1) is 0 Å². The summed E-state index contributed by atoms with van der Waals surface area (Å²) in [7, 11) is 0. The van der Waals surface area contributed by atoms with Gasteiger partial charge in [-0.15, -0.1) is 0 Å². The number of aromatic nitrogens is 3. The quantitative estimate of drug-likeness (QED) is 0.642. The molecular weight excluding hydrogens is 230 g/mol. The molecular formula is C12H21N5O. The monoisotopic (exact) mass is 251 g/mol. The van der Waals surface area contributed by atoms with Gasteiger partial charge in [-0.25, -0.2) is 4.98 Å². The Morgan fingerprint density at radius 1 is 1.50 bits per heavy atom. The van der Waals surface area contributed by atoms with Crippen LogP contribution in [0.1, 0.15) is 44.3 Å². The number of hydrogen-bond donors (Lipinski definition) is 3. The van der Waals surface area contributed by atoms with Crippen molar-refractivity contribution in [3.63, 3.8) is 0 Å². The number of nitrogens with zero attached hydrogens (tertiary/aromatic N) is 2.